The molecule has 0 bridgehead atoms. The zero-order chi connectivity index (χ0) is 14.7. The van der Waals surface area contributed by atoms with E-state index in [-0.39, 0.29) is 5.91 Å². The van der Waals surface area contributed by atoms with Crippen molar-refractivity contribution in [3.05, 3.63) is 59.9 Å². The second-order valence-corrected chi connectivity index (χ2v) is 5.38. The van der Waals surface area contributed by atoms with Gasteiger partial charge >= 0.3 is 0 Å². The number of nitrogens with zero attached hydrogens (tertiary/aromatic N) is 2. The molecule has 0 aliphatic carbocycles. The van der Waals surface area contributed by atoms with Gasteiger partial charge in [-0.25, -0.2) is 0 Å². The topological polar surface area (TPSA) is 59.2 Å². The molecule has 1 unspecified atom stereocenters. The Labute approximate surface area is 124 Å². The highest BCUT2D eigenvalue weighted by atomic mass is 16.2. The number of anilines is 1. The highest BCUT2D eigenvalue weighted by molar-refractivity contribution is 5.97. The van der Waals surface area contributed by atoms with Crippen molar-refractivity contribution in [3.8, 4) is 0 Å². The van der Waals surface area contributed by atoms with Crippen molar-refractivity contribution in [2.45, 2.75) is 18.8 Å². The van der Waals surface area contributed by atoms with Gasteiger partial charge in [-0.1, -0.05) is 24.3 Å². The lowest BCUT2D eigenvalue weighted by molar-refractivity contribution is -0.117. The Hall–Kier alpha value is -2.20. The summed E-state index contributed by atoms with van der Waals surface area (Å²) in [7, 11) is 0. The van der Waals surface area contributed by atoms with Gasteiger partial charge in [-0.05, 0) is 36.2 Å². The van der Waals surface area contributed by atoms with Crippen LogP contribution in [0.15, 0.2) is 48.8 Å². The predicted molar refractivity (Wildman–Crippen MR) is 83.1 cm³/mol. The number of rotatable bonds is 4. The number of nitrogens with two attached hydrogens (primary N) is 1. The van der Waals surface area contributed by atoms with E-state index >= 15 is 0 Å². The molecule has 1 aliphatic rings. The molecular weight excluding hydrogens is 262 g/mol. The molecule has 2 heterocycles. The standard InChI is InChI=1S/C17H19N3O/c18-8-7-14-12-20(16-6-2-1-5-15(14)16)17(21)10-13-4-3-9-19-11-13/h1-6,9,11,14H,7-8,10,12,18H2. The maximum atomic E-state index is 12.6. The third-order valence-corrected chi connectivity index (χ3v) is 3.96. The Morgan fingerprint density at radius 2 is 2.14 bits per heavy atom. The molecule has 21 heavy (non-hydrogen) atoms. The Morgan fingerprint density at radius 1 is 1.29 bits per heavy atom. The van der Waals surface area contributed by atoms with Crippen LogP contribution in [0, 0.1) is 0 Å². The average Bonchev–Trinajstić information content (AvgIpc) is 2.88. The lowest BCUT2D eigenvalue weighted by atomic mass is 9.98. The fraction of sp³-hybridized carbons (Fsp3) is 0.294. The van der Waals surface area contributed by atoms with E-state index < -0.39 is 0 Å². The zero-order valence-corrected chi connectivity index (χ0v) is 11.9. The van der Waals surface area contributed by atoms with Gasteiger partial charge in [-0.3, -0.25) is 9.78 Å². The minimum atomic E-state index is 0.120. The number of carbonyl (C=O) groups excluding carboxylic acids is 1. The van der Waals surface area contributed by atoms with Crippen molar-refractivity contribution >= 4 is 11.6 Å². The molecule has 4 heteroatoms. The largest absolute Gasteiger partial charge is 0.330 e. The average molecular weight is 281 g/mol. The van der Waals surface area contributed by atoms with Gasteiger partial charge in [0, 0.05) is 30.5 Å². The first-order valence-electron chi connectivity index (χ1n) is 7.28. The third-order valence-electron chi connectivity index (χ3n) is 3.96. The number of pyridine rings is 1. The second-order valence-electron chi connectivity index (χ2n) is 5.38. The molecule has 3 rings (SSSR count). The van der Waals surface area contributed by atoms with E-state index in [1.165, 1.54) is 5.56 Å². The molecule has 1 aromatic heterocycles. The summed E-state index contributed by atoms with van der Waals surface area (Å²) in [6, 6.07) is 11.9. The molecule has 2 aromatic rings. The monoisotopic (exact) mass is 281 g/mol. The van der Waals surface area contributed by atoms with Gasteiger partial charge in [-0.15, -0.1) is 0 Å². The first-order valence-corrected chi connectivity index (χ1v) is 7.28. The summed E-state index contributed by atoms with van der Waals surface area (Å²) in [6.45, 7) is 1.37. The number of hydrogen-bond acceptors (Lipinski definition) is 3. The fourth-order valence-corrected chi connectivity index (χ4v) is 2.95. The number of benzene rings is 1. The van der Waals surface area contributed by atoms with E-state index in [2.05, 4.69) is 11.1 Å². The van der Waals surface area contributed by atoms with Crippen LogP contribution in [-0.4, -0.2) is 24.0 Å². The summed E-state index contributed by atoms with van der Waals surface area (Å²) in [5.74, 6) is 0.471. The van der Waals surface area contributed by atoms with Crippen molar-refractivity contribution in [2.24, 2.45) is 5.73 Å². The zero-order valence-electron chi connectivity index (χ0n) is 11.9. The van der Waals surface area contributed by atoms with E-state index in [4.69, 9.17) is 5.73 Å². The Kier molecular flexibility index (Phi) is 3.97. The maximum Gasteiger partial charge on any atom is 0.231 e. The van der Waals surface area contributed by atoms with Gasteiger partial charge in [0.25, 0.3) is 0 Å². The van der Waals surface area contributed by atoms with Gasteiger partial charge in [0.05, 0.1) is 6.42 Å². The molecule has 0 spiro atoms. The molecule has 2 N–H and O–H groups in total. The Balaban J connectivity index is 1.81. The summed E-state index contributed by atoms with van der Waals surface area (Å²) < 4.78 is 0. The molecule has 4 nitrogen and oxygen atoms in total. The molecule has 108 valence electrons. The van der Waals surface area contributed by atoms with E-state index in [9.17, 15) is 4.79 Å². The number of hydrogen-bond donors (Lipinski definition) is 1. The number of aromatic nitrogens is 1. The van der Waals surface area contributed by atoms with Crippen LogP contribution in [0.25, 0.3) is 0 Å². The van der Waals surface area contributed by atoms with Crippen LogP contribution in [0.5, 0.6) is 0 Å². The van der Waals surface area contributed by atoms with Crippen molar-refractivity contribution < 1.29 is 4.79 Å². The second kappa shape index (κ2) is 6.06. The lowest BCUT2D eigenvalue weighted by Crippen LogP contribution is -2.31. The Bertz CT molecular complexity index is 627. The number of carbonyl (C=O) groups is 1. The van der Waals surface area contributed by atoms with Crippen LogP contribution >= 0.6 is 0 Å². The van der Waals surface area contributed by atoms with Gasteiger partial charge in [-0.2, -0.15) is 0 Å². The van der Waals surface area contributed by atoms with Crippen LogP contribution in [0.2, 0.25) is 0 Å². The summed E-state index contributed by atoms with van der Waals surface area (Å²) >= 11 is 0. The minimum Gasteiger partial charge on any atom is -0.330 e. The van der Waals surface area contributed by atoms with Crippen molar-refractivity contribution in [3.63, 3.8) is 0 Å². The first-order chi connectivity index (χ1) is 10.3. The molecule has 0 radical (unpaired) electrons. The van der Waals surface area contributed by atoms with E-state index in [1.807, 2.05) is 35.2 Å². The molecule has 0 fully saturated rings. The molecule has 0 saturated heterocycles. The van der Waals surface area contributed by atoms with Gasteiger partial charge in [0.15, 0.2) is 0 Å². The highest BCUT2D eigenvalue weighted by Gasteiger charge is 2.31. The van der Waals surface area contributed by atoms with Crippen molar-refractivity contribution in [2.75, 3.05) is 18.0 Å². The third kappa shape index (κ3) is 2.81. The molecule has 1 atom stereocenters. The molecule has 1 amide bonds. The molecule has 0 saturated carbocycles. The number of amides is 1. The van der Waals surface area contributed by atoms with E-state index in [0.717, 1.165) is 24.2 Å². The van der Waals surface area contributed by atoms with Crippen LogP contribution in [0.3, 0.4) is 0 Å². The van der Waals surface area contributed by atoms with Crippen LogP contribution < -0.4 is 10.6 Å². The Morgan fingerprint density at radius 3 is 2.90 bits per heavy atom. The normalized spacial score (nSPS) is 16.8. The fourth-order valence-electron chi connectivity index (χ4n) is 2.95. The summed E-state index contributed by atoms with van der Waals surface area (Å²) in [4.78, 5) is 18.6. The lowest BCUT2D eigenvalue weighted by Gasteiger charge is -2.18. The van der Waals surface area contributed by atoms with Gasteiger partial charge in [0.2, 0.25) is 5.91 Å². The maximum absolute atomic E-state index is 12.6. The van der Waals surface area contributed by atoms with E-state index in [0.29, 0.717) is 18.9 Å². The van der Waals surface area contributed by atoms with Crippen LogP contribution in [0.4, 0.5) is 5.69 Å². The summed E-state index contributed by atoms with van der Waals surface area (Å²) in [5.41, 5.74) is 8.92. The minimum absolute atomic E-state index is 0.120. The highest BCUT2D eigenvalue weighted by Crippen LogP contribution is 2.37. The molecule has 1 aliphatic heterocycles. The van der Waals surface area contributed by atoms with Crippen molar-refractivity contribution in [1.82, 2.24) is 4.98 Å². The molecular formula is C17H19N3O. The van der Waals surface area contributed by atoms with Gasteiger partial charge < -0.3 is 10.6 Å². The summed E-state index contributed by atoms with van der Waals surface area (Å²) in [5, 5.41) is 0. The van der Waals surface area contributed by atoms with Crippen molar-refractivity contribution in [1.29, 1.82) is 0 Å². The number of fused-ring (bicyclic) bond motifs is 1. The number of para-hydroxylation sites is 1. The molecule has 1 aromatic carbocycles. The SMILES string of the molecule is NCCC1CN(C(=O)Cc2cccnc2)c2ccccc21. The first kappa shape index (κ1) is 13.8. The van der Waals surface area contributed by atoms with E-state index in [1.54, 1.807) is 12.4 Å². The van der Waals surface area contributed by atoms with Gasteiger partial charge in [0.1, 0.15) is 0 Å². The summed E-state index contributed by atoms with van der Waals surface area (Å²) in [6.07, 6.45) is 4.76. The van der Waals surface area contributed by atoms with Crippen LogP contribution in [0.1, 0.15) is 23.5 Å². The smallest absolute Gasteiger partial charge is 0.231 e. The van der Waals surface area contributed by atoms with Crippen LogP contribution in [-0.2, 0) is 11.2 Å². The predicted octanol–water partition coefficient (Wildman–Crippen LogP) is 2.10. The quantitative estimate of drug-likeness (QED) is 0.933.